The van der Waals surface area contributed by atoms with E-state index < -0.39 is 0 Å². The molecule has 1 aromatic carbocycles. The zero-order valence-corrected chi connectivity index (χ0v) is 13.1. The summed E-state index contributed by atoms with van der Waals surface area (Å²) in [5, 5.41) is 18.8. The molecule has 3 rings (SSSR count). The lowest BCUT2D eigenvalue weighted by atomic mass is 10.1. The molecule has 2 aromatic heterocycles. The Morgan fingerprint density at radius 3 is 2.70 bits per heavy atom. The van der Waals surface area contributed by atoms with Crippen LogP contribution in [0.3, 0.4) is 0 Å². The molecule has 0 unspecified atom stereocenters. The number of carbonyl (C=O) groups excluding carboxylic acids is 1. The Labute approximate surface area is 137 Å². The fourth-order valence-electron chi connectivity index (χ4n) is 2.13. The Hall–Kier alpha value is -2.74. The number of nitrogens with one attached hydrogen (secondary N) is 2. The summed E-state index contributed by atoms with van der Waals surface area (Å²) in [7, 11) is 0. The molecule has 0 atom stereocenters. The smallest absolute Gasteiger partial charge is 0.251 e. The number of nitrogens with two attached hydrogens (primary N) is 1. The first kappa shape index (κ1) is 15.2. The summed E-state index contributed by atoms with van der Waals surface area (Å²) >= 11 is 1.38. The van der Waals surface area contributed by atoms with Gasteiger partial charge in [0.15, 0.2) is 0 Å². The van der Waals surface area contributed by atoms with Gasteiger partial charge in [-0.2, -0.15) is 5.10 Å². The van der Waals surface area contributed by atoms with Crippen molar-refractivity contribution in [3.63, 3.8) is 0 Å². The first-order valence-electron chi connectivity index (χ1n) is 7.18. The van der Waals surface area contributed by atoms with E-state index in [4.69, 9.17) is 5.73 Å². The molecule has 0 spiro atoms. The van der Waals surface area contributed by atoms with Crippen LogP contribution in [0.25, 0.3) is 11.3 Å². The van der Waals surface area contributed by atoms with E-state index in [-0.39, 0.29) is 5.91 Å². The Morgan fingerprint density at radius 1 is 1.22 bits per heavy atom. The molecule has 0 radical (unpaired) electrons. The van der Waals surface area contributed by atoms with Crippen LogP contribution in [0.4, 0.5) is 5.13 Å². The summed E-state index contributed by atoms with van der Waals surface area (Å²) in [6, 6.07) is 9.28. The number of aromatic amines is 1. The number of rotatable bonds is 6. The maximum atomic E-state index is 12.1. The van der Waals surface area contributed by atoms with E-state index in [1.54, 1.807) is 18.3 Å². The highest BCUT2D eigenvalue weighted by molar-refractivity contribution is 7.15. The third-order valence-electron chi connectivity index (χ3n) is 3.29. The monoisotopic (exact) mass is 328 g/mol. The maximum Gasteiger partial charge on any atom is 0.251 e. The van der Waals surface area contributed by atoms with E-state index >= 15 is 0 Å². The topological polar surface area (TPSA) is 110 Å². The van der Waals surface area contributed by atoms with Crippen molar-refractivity contribution < 1.29 is 4.79 Å². The number of hydrogen-bond acceptors (Lipinski definition) is 6. The van der Waals surface area contributed by atoms with E-state index in [1.807, 2.05) is 18.2 Å². The molecular formula is C15H16N6OS. The van der Waals surface area contributed by atoms with Gasteiger partial charge < -0.3 is 11.1 Å². The van der Waals surface area contributed by atoms with Gasteiger partial charge in [0.25, 0.3) is 5.91 Å². The van der Waals surface area contributed by atoms with Crippen molar-refractivity contribution in [3.05, 3.63) is 47.1 Å². The number of H-pyrrole nitrogens is 1. The second-order valence-corrected chi connectivity index (χ2v) is 6.03. The van der Waals surface area contributed by atoms with Crippen LogP contribution in [-0.4, -0.2) is 32.8 Å². The molecule has 7 nitrogen and oxygen atoms in total. The van der Waals surface area contributed by atoms with Crippen molar-refractivity contribution in [2.45, 2.75) is 12.8 Å². The van der Waals surface area contributed by atoms with E-state index in [0.29, 0.717) is 17.2 Å². The van der Waals surface area contributed by atoms with Gasteiger partial charge in [0.2, 0.25) is 5.13 Å². The fraction of sp³-hybridized carbons (Fsp3) is 0.200. The summed E-state index contributed by atoms with van der Waals surface area (Å²) in [5.41, 5.74) is 8.07. The lowest BCUT2D eigenvalue weighted by Crippen LogP contribution is -2.24. The molecule has 0 saturated heterocycles. The van der Waals surface area contributed by atoms with Gasteiger partial charge in [0, 0.05) is 24.7 Å². The van der Waals surface area contributed by atoms with Gasteiger partial charge in [0.1, 0.15) is 5.01 Å². The van der Waals surface area contributed by atoms with Crippen molar-refractivity contribution >= 4 is 22.4 Å². The average molecular weight is 328 g/mol. The molecule has 23 heavy (non-hydrogen) atoms. The number of anilines is 1. The van der Waals surface area contributed by atoms with Gasteiger partial charge in [-0.15, -0.1) is 10.2 Å². The number of aromatic nitrogens is 4. The molecule has 0 saturated carbocycles. The van der Waals surface area contributed by atoms with Gasteiger partial charge in [-0.05, 0) is 30.2 Å². The van der Waals surface area contributed by atoms with Crippen molar-refractivity contribution in [1.82, 2.24) is 25.7 Å². The van der Waals surface area contributed by atoms with Gasteiger partial charge in [-0.3, -0.25) is 9.89 Å². The van der Waals surface area contributed by atoms with Crippen LogP contribution >= 0.6 is 11.3 Å². The molecule has 1 amide bonds. The second-order valence-electron chi connectivity index (χ2n) is 4.94. The molecule has 0 aliphatic heterocycles. The van der Waals surface area contributed by atoms with E-state index in [9.17, 15) is 4.79 Å². The van der Waals surface area contributed by atoms with Crippen LogP contribution in [0.5, 0.6) is 0 Å². The summed E-state index contributed by atoms with van der Waals surface area (Å²) in [6.45, 7) is 0.584. The molecule has 2 heterocycles. The van der Waals surface area contributed by atoms with Crippen LogP contribution in [0.2, 0.25) is 0 Å². The third-order valence-corrected chi connectivity index (χ3v) is 4.11. The molecule has 4 N–H and O–H groups in total. The molecular weight excluding hydrogens is 312 g/mol. The zero-order chi connectivity index (χ0) is 16.1. The summed E-state index contributed by atoms with van der Waals surface area (Å²) in [5.74, 6) is -0.0852. The molecule has 0 aliphatic carbocycles. The van der Waals surface area contributed by atoms with Crippen molar-refractivity contribution in [2.24, 2.45) is 0 Å². The number of hydrogen-bond donors (Lipinski definition) is 3. The van der Waals surface area contributed by atoms with Crippen LogP contribution in [0.1, 0.15) is 21.8 Å². The maximum absolute atomic E-state index is 12.1. The number of nitrogens with zero attached hydrogens (tertiary/aromatic N) is 3. The van der Waals surface area contributed by atoms with E-state index in [1.165, 1.54) is 11.3 Å². The predicted molar refractivity (Wildman–Crippen MR) is 89.0 cm³/mol. The molecule has 118 valence electrons. The van der Waals surface area contributed by atoms with Gasteiger partial charge >= 0.3 is 0 Å². The first-order chi connectivity index (χ1) is 11.2. The lowest BCUT2D eigenvalue weighted by molar-refractivity contribution is 0.0953. The fourth-order valence-corrected chi connectivity index (χ4v) is 2.78. The normalized spacial score (nSPS) is 10.6. The van der Waals surface area contributed by atoms with Crippen LogP contribution < -0.4 is 11.1 Å². The minimum Gasteiger partial charge on any atom is -0.374 e. The average Bonchev–Trinajstić information content (AvgIpc) is 3.23. The summed E-state index contributed by atoms with van der Waals surface area (Å²) in [4.78, 5) is 12.1. The molecule has 8 heteroatoms. The highest BCUT2D eigenvalue weighted by atomic mass is 32.1. The Balaban J connectivity index is 1.48. The number of carbonyl (C=O) groups is 1. The van der Waals surface area contributed by atoms with Gasteiger partial charge in [-0.1, -0.05) is 23.5 Å². The number of nitrogen functional groups attached to an aromatic ring is 1. The molecule has 0 fully saturated rings. The molecule has 0 aliphatic rings. The Bertz CT molecular complexity index is 766. The Kier molecular flexibility index (Phi) is 4.62. The number of benzene rings is 1. The van der Waals surface area contributed by atoms with Crippen molar-refractivity contribution in [1.29, 1.82) is 0 Å². The van der Waals surface area contributed by atoms with E-state index in [0.717, 1.165) is 29.1 Å². The number of aryl methyl sites for hydroxylation is 1. The quantitative estimate of drug-likeness (QED) is 0.598. The predicted octanol–water partition coefficient (Wildman–Crippen LogP) is 1.87. The van der Waals surface area contributed by atoms with Gasteiger partial charge in [0.05, 0.1) is 5.69 Å². The van der Waals surface area contributed by atoms with Crippen LogP contribution in [-0.2, 0) is 6.42 Å². The van der Waals surface area contributed by atoms with Crippen LogP contribution in [0, 0.1) is 0 Å². The second kappa shape index (κ2) is 7.01. The minimum absolute atomic E-state index is 0.0852. The molecule has 3 aromatic rings. The number of amides is 1. The van der Waals surface area contributed by atoms with Gasteiger partial charge in [-0.25, -0.2) is 0 Å². The molecule has 0 bridgehead atoms. The minimum atomic E-state index is -0.0852. The lowest BCUT2D eigenvalue weighted by Gasteiger charge is -2.05. The summed E-state index contributed by atoms with van der Waals surface area (Å²) < 4.78 is 0. The first-order valence-corrected chi connectivity index (χ1v) is 8.00. The standard InChI is InChI=1S/C15H16N6OS/c16-15-21-20-13(23-15)2-1-8-17-14(22)11-5-3-10(4-6-11)12-7-9-18-19-12/h3-7,9H,1-2,8H2,(H2,16,21)(H,17,22)(H,18,19). The Morgan fingerprint density at radius 2 is 2.04 bits per heavy atom. The van der Waals surface area contributed by atoms with Crippen molar-refractivity contribution in [2.75, 3.05) is 12.3 Å². The largest absolute Gasteiger partial charge is 0.374 e. The highest BCUT2D eigenvalue weighted by Crippen LogP contribution is 2.16. The highest BCUT2D eigenvalue weighted by Gasteiger charge is 2.06. The van der Waals surface area contributed by atoms with E-state index in [2.05, 4.69) is 25.7 Å². The van der Waals surface area contributed by atoms with Crippen molar-refractivity contribution in [3.8, 4) is 11.3 Å². The zero-order valence-electron chi connectivity index (χ0n) is 12.3. The summed E-state index contributed by atoms with van der Waals surface area (Å²) in [6.07, 6.45) is 3.25. The van der Waals surface area contributed by atoms with Crippen LogP contribution in [0.15, 0.2) is 36.5 Å². The third kappa shape index (κ3) is 3.92. The SMILES string of the molecule is Nc1nnc(CCCNC(=O)c2ccc(-c3ccn[nH]3)cc2)s1.